The summed E-state index contributed by atoms with van der Waals surface area (Å²) >= 11 is 0. The lowest BCUT2D eigenvalue weighted by molar-refractivity contribution is 0.627. The van der Waals surface area contributed by atoms with Crippen LogP contribution < -0.4 is 10.6 Å². The number of halogens is 1. The number of rotatable bonds is 5. The second-order valence-electron chi connectivity index (χ2n) is 4.41. The topological polar surface area (TPSA) is 42.2 Å². The van der Waals surface area contributed by atoms with Crippen molar-refractivity contribution < 1.29 is 4.39 Å². The predicted molar refractivity (Wildman–Crippen MR) is 76.1 cm³/mol. The Hall–Kier alpha value is -1.94. The first-order valence-corrected chi connectivity index (χ1v) is 6.37. The van der Waals surface area contributed by atoms with Crippen LogP contribution in [0.25, 0.3) is 0 Å². The van der Waals surface area contributed by atoms with Crippen molar-refractivity contribution in [3.05, 3.63) is 54.0 Å². The molecule has 0 amide bonds. The highest BCUT2D eigenvalue weighted by Crippen LogP contribution is 2.26. The van der Waals surface area contributed by atoms with E-state index in [2.05, 4.69) is 9.88 Å². The highest BCUT2D eigenvalue weighted by Gasteiger charge is 2.12. The smallest absolute Gasteiger partial charge is 0.135 e. The van der Waals surface area contributed by atoms with Crippen LogP contribution in [-0.2, 0) is 0 Å². The van der Waals surface area contributed by atoms with Gasteiger partial charge in [-0.2, -0.15) is 0 Å². The van der Waals surface area contributed by atoms with Crippen molar-refractivity contribution in [3.8, 4) is 0 Å². The molecule has 1 heterocycles. The van der Waals surface area contributed by atoms with Crippen LogP contribution >= 0.6 is 0 Å². The van der Waals surface area contributed by atoms with Gasteiger partial charge in [0.2, 0.25) is 0 Å². The Morgan fingerprint density at radius 1 is 1.21 bits per heavy atom. The average molecular weight is 259 g/mol. The molecule has 0 saturated carbocycles. The van der Waals surface area contributed by atoms with E-state index < -0.39 is 0 Å². The first kappa shape index (κ1) is 13.5. The molecule has 0 atom stereocenters. The lowest BCUT2D eigenvalue weighted by Gasteiger charge is -2.25. The number of nitrogens with two attached hydrogens (primary N) is 1. The first-order valence-electron chi connectivity index (χ1n) is 6.37. The summed E-state index contributed by atoms with van der Waals surface area (Å²) in [7, 11) is 0. The monoisotopic (exact) mass is 259 g/mol. The number of hydrogen-bond donors (Lipinski definition) is 1. The second-order valence-corrected chi connectivity index (χ2v) is 4.41. The Kier molecular flexibility index (Phi) is 4.47. The molecule has 0 fully saturated rings. The van der Waals surface area contributed by atoms with Gasteiger partial charge in [-0.3, -0.25) is 0 Å². The molecule has 100 valence electrons. The van der Waals surface area contributed by atoms with E-state index in [1.165, 1.54) is 12.1 Å². The Morgan fingerprint density at radius 2 is 1.95 bits per heavy atom. The van der Waals surface area contributed by atoms with Crippen molar-refractivity contribution in [2.24, 2.45) is 5.73 Å². The molecule has 0 aliphatic carbocycles. The summed E-state index contributed by atoms with van der Waals surface area (Å²) in [5.41, 5.74) is 7.60. The van der Waals surface area contributed by atoms with Crippen LogP contribution in [0.15, 0.2) is 42.6 Å². The minimum Gasteiger partial charge on any atom is -0.330 e. The number of hydrogen-bond acceptors (Lipinski definition) is 3. The van der Waals surface area contributed by atoms with Gasteiger partial charge in [0.05, 0.1) is 0 Å². The molecule has 0 aliphatic heterocycles. The normalized spacial score (nSPS) is 10.5. The standard InChI is InChI=1S/C15H18FN3/c1-12-4-2-10-18-15(12)19(11-3-9-17)14-7-5-13(16)6-8-14/h2,4-8,10H,3,9,11,17H2,1H3. The van der Waals surface area contributed by atoms with Crippen LogP contribution in [0, 0.1) is 12.7 Å². The largest absolute Gasteiger partial charge is 0.330 e. The Labute approximate surface area is 112 Å². The lowest BCUT2D eigenvalue weighted by Crippen LogP contribution is -2.22. The van der Waals surface area contributed by atoms with Crippen LogP contribution in [-0.4, -0.2) is 18.1 Å². The zero-order valence-corrected chi connectivity index (χ0v) is 11.0. The molecule has 0 bridgehead atoms. The molecule has 0 radical (unpaired) electrons. The third-order valence-electron chi connectivity index (χ3n) is 2.96. The van der Waals surface area contributed by atoms with Crippen molar-refractivity contribution in [1.82, 2.24) is 4.98 Å². The number of pyridine rings is 1. The number of nitrogens with zero attached hydrogens (tertiary/aromatic N) is 2. The lowest BCUT2D eigenvalue weighted by atomic mass is 10.2. The molecular formula is C15H18FN3. The summed E-state index contributed by atoms with van der Waals surface area (Å²) in [4.78, 5) is 6.49. The first-order chi connectivity index (χ1) is 9.22. The van der Waals surface area contributed by atoms with Gasteiger partial charge in [0.1, 0.15) is 11.6 Å². The Bertz CT molecular complexity index is 525. The number of aryl methyl sites for hydroxylation is 1. The van der Waals surface area contributed by atoms with E-state index in [1.807, 2.05) is 19.1 Å². The molecule has 19 heavy (non-hydrogen) atoms. The molecule has 0 spiro atoms. The van der Waals surface area contributed by atoms with E-state index in [0.29, 0.717) is 6.54 Å². The molecule has 0 saturated heterocycles. The molecule has 2 N–H and O–H groups in total. The zero-order chi connectivity index (χ0) is 13.7. The van der Waals surface area contributed by atoms with Gasteiger partial charge < -0.3 is 10.6 Å². The van der Waals surface area contributed by atoms with Crippen LogP contribution in [0.3, 0.4) is 0 Å². The van der Waals surface area contributed by atoms with Crippen LogP contribution in [0.2, 0.25) is 0 Å². The number of benzene rings is 1. The van der Waals surface area contributed by atoms with E-state index in [-0.39, 0.29) is 5.82 Å². The molecule has 0 aliphatic rings. The summed E-state index contributed by atoms with van der Waals surface area (Å²) in [6.45, 7) is 3.39. The number of aromatic nitrogens is 1. The quantitative estimate of drug-likeness (QED) is 0.897. The molecule has 2 rings (SSSR count). The zero-order valence-electron chi connectivity index (χ0n) is 11.0. The van der Waals surface area contributed by atoms with E-state index in [4.69, 9.17) is 5.73 Å². The van der Waals surface area contributed by atoms with Crippen molar-refractivity contribution >= 4 is 11.5 Å². The maximum Gasteiger partial charge on any atom is 0.135 e. The van der Waals surface area contributed by atoms with Crippen molar-refractivity contribution in [2.75, 3.05) is 18.0 Å². The molecule has 4 heteroatoms. The molecule has 0 unspecified atom stereocenters. The van der Waals surface area contributed by atoms with Gasteiger partial charge in [-0.25, -0.2) is 9.37 Å². The summed E-state index contributed by atoms with van der Waals surface area (Å²) in [6.07, 6.45) is 2.62. The third-order valence-corrected chi connectivity index (χ3v) is 2.96. The van der Waals surface area contributed by atoms with Crippen molar-refractivity contribution in [3.63, 3.8) is 0 Å². The van der Waals surface area contributed by atoms with Gasteiger partial charge in [-0.15, -0.1) is 0 Å². The number of anilines is 2. The highest BCUT2D eigenvalue weighted by atomic mass is 19.1. The summed E-state index contributed by atoms with van der Waals surface area (Å²) in [5.74, 6) is 0.655. The predicted octanol–water partition coefficient (Wildman–Crippen LogP) is 3.02. The van der Waals surface area contributed by atoms with Gasteiger partial charge in [-0.1, -0.05) is 6.07 Å². The fourth-order valence-electron chi connectivity index (χ4n) is 1.99. The molecule has 1 aromatic heterocycles. The van der Waals surface area contributed by atoms with Crippen LogP contribution in [0.1, 0.15) is 12.0 Å². The van der Waals surface area contributed by atoms with Gasteiger partial charge >= 0.3 is 0 Å². The fourth-order valence-corrected chi connectivity index (χ4v) is 1.99. The van der Waals surface area contributed by atoms with Gasteiger partial charge in [0.15, 0.2) is 0 Å². The van der Waals surface area contributed by atoms with E-state index in [1.54, 1.807) is 18.3 Å². The molecular weight excluding hydrogens is 241 g/mol. The Morgan fingerprint density at radius 3 is 2.58 bits per heavy atom. The van der Waals surface area contributed by atoms with Crippen molar-refractivity contribution in [1.29, 1.82) is 0 Å². The second kappa shape index (κ2) is 6.29. The summed E-state index contributed by atoms with van der Waals surface area (Å²) < 4.78 is 13.0. The van der Waals surface area contributed by atoms with E-state index in [0.717, 1.165) is 30.0 Å². The fraction of sp³-hybridized carbons (Fsp3) is 0.267. The third kappa shape index (κ3) is 3.29. The minimum atomic E-state index is -0.236. The van der Waals surface area contributed by atoms with E-state index >= 15 is 0 Å². The Balaban J connectivity index is 2.35. The molecule has 1 aromatic carbocycles. The highest BCUT2D eigenvalue weighted by molar-refractivity contribution is 5.62. The SMILES string of the molecule is Cc1cccnc1N(CCCN)c1ccc(F)cc1. The average Bonchev–Trinajstić information content (AvgIpc) is 2.43. The summed E-state index contributed by atoms with van der Waals surface area (Å²) in [6, 6.07) is 10.4. The van der Waals surface area contributed by atoms with Crippen LogP contribution in [0.4, 0.5) is 15.9 Å². The van der Waals surface area contributed by atoms with Crippen molar-refractivity contribution in [2.45, 2.75) is 13.3 Å². The van der Waals surface area contributed by atoms with E-state index in [9.17, 15) is 4.39 Å². The van der Waals surface area contributed by atoms with Gasteiger partial charge in [0, 0.05) is 18.4 Å². The maximum atomic E-state index is 13.0. The van der Waals surface area contributed by atoms with Gasteiger partial charge in [-0.05, 0) is 55.8 Å². The minimum absolute atomic E-state index is 0.236. The summed E-state index contributed by atoms with van der Waals surface area (Å²) in [5, 5.41) is 0. The maximum absolute atomic E-state index is 13.0. The molecule has 3 nitrogen and oxygen atoms in total. The van der Waals surface area contributed by atoms with Gasteiger partial charge in [0.25, 0.3) is 0 Å². The van der Waals surface area contributed by atoms with Crippen LogP contribution in [0.5, 0.6) is 0 Å². The molecule has 2 aromatic rings.